The molecule has 0 spiro atoms. The zero-order valence-corrected chi connectivity index (χ0v) is 17.6. The minimum Gasteiger partial charge on any atom is -0.356 e. The SMILES string of the molecule is CCCCCCC(C)NC(=NC)NCC1CCN(C2CC2)C1.I. The van der Waals surface area contributed by atoms with Crippen LogP contribution in [0.3, 0.4) is 0 Å². The normalized spacial score (nSPS) is 23.4. The van der Waals surface area contributed by atoms with Crippen molar-refractivity contribution in [3.05, 3.63) is 0 Å². The molecule has 0 aromatic rings. The van der Waals surface area contributed by atoms with Crippen LogP contribution in [0.4, 0.5) is 0 Å². The maximum absolute atomic E-state index is 4.38. The maximum atomic E-state index is 4.38. The molecular formula is C18H37IN4. The number of aliphatic imine (C=N–C) groups is 1. The van der Waals surface area contributed by atoms with Crippen LogP contribution in [-0.4, -0.2) is 49.6 Å². The summed E-state index contributed by atoms with van der Waals surface area (Å²) in [4.78, 5) is 7.06. The summed E-state index contributed by atoms with van der Waals surface area (Å²) in [5.74, 6) is 1.77. The number of halogens is 1. The second-order valence-corrected chi connectivity index (χ2v) is 7.23. The van der Waals surface area contributed by atoms with Gasteiger partial charge in [0.25, 0.3) is 0 Å². The van der Waals surface area contributed by atoms with Gasteiger partial charge < -0.3 is 15.5 Å². The van der Waals surface area contributed by atoms with Crippen LogP contribution >= 0.6 is 24.0 Å². The number of rotatable bonds is 9. The average molecular weight is 436 g/mol. The Morgan fingerprint density at radius 1 is 1.22 bits per heavy atom. The van der Waals surface area contributed by atoms with Crippen molar-refractivity contribution in [2.75, 3.05) is 26.7 Å². The van der Waals surface area contributed by atoms with Gasteiger partial charge in [-0.25, -0.2) is 0 Å². The summed E-state index contributed by atoms with van der Waals surface area (Å²) in [6.45, 7) is 8.17. The highest BCUT2D eigenvalue weighted by atomic mass is 127. The van der Waals surface area contributed by atoms with Crippen molar-refractivity contribution < 1.29 is 0 Å². The summed E-state index contributed by atoms with van der Waals surface area (Å²) in [5, 5.41) is 7.08. The quantitative estimate of drug-likeness (QED) is 0.251. The Morgan fingerprint density at radius 3 is 2.65 bits per heavy atom. The number of hydrogen-bond acceptors (Lipinski definition) is 2. The fraction of sp³-hybridized carbons (Fsp3) is 0.944. The van der Waals surface area contributed by atoms with Crippen molar-refractivity contribution in [3.63, 3.8) is 0 Å². The van der Waals surface area contributed by atoms with E-state index in [1.807, 2.05) is 7.05 Å². The first-order chi connectivity index (χ1) is 10.7. The Balaban J connectivity index is 0.00000264. The number of guanidine groups is 1. The number of nitrogens with one attached hydrogen (secondary N) is 2. The molecule has 0 radical (unpaired) electrons. The van der Waals surface area contributed by atoms with E-state index in [0.29, 0.717) is 6.04 Å². The lowest BCUT2D eigenvalue weighted by molar-refractivity contribution is 0.314. The van der Waals surface area contributed by atoms with Crippen molar-refractivity contribution in [2.45, 2.75) is 77.3 Å². The second-order valence-electron chi connectivity index (χ2n) is 7.23. The van der Waals surface area contributed by atoms with Gasteiger partial charge in [-0.3, -0.25) is 4.99 Å². The average Bonchev–Trinajstić information content (AvgIpc) is 3.27. The van der Waals surface area contributed by atoms with E-state index < -0.39 is 0 Å². The molecule has 1 aliphatic carbocycles. The van der Waals surface area contributed by atoms with Gasteiger partial charge in [-0.1, -0.05) is 32.6 Å². The summed E-state index contributed by atoms with van der Waals surface area (Å²) in [6.07, 6.45) is 10.8. The molecule has 2 unspecified atom stereocenters. The summed E-state index contributed by atoms with van der Waals surface area (Å²) in [5.41, 5.74) is 0. The predicted octanol–water partition coefficient (Wildman–Crippen LogP) is 3.61. The lowest BCUT2D eigenvalue weighted by atomic mass is 10.1. The standard InChI is InChI=1S/C18H36N4.HI/c1-4-5-6-7-8-15(2)21-18(19-3)20-13-16-11-12-22(14-16)17-9-10-17;/h15-17H,4-14H2,1-3H3,(H2,19,20,21);1H. The second kappa shape index (κ2) is 11.5. The van der Waals surface area contributed by atoms with Crippen molar-refractivity contribution >= 4 is 29.9 Å². The summed E-state index contributed by atoms with van der Waals surface area (Å²) < 4.78 is 0. The highest BCUT2D eigenvalue weighted by Gasteiger charge is 2.34. The summed E-state index contributed by atoms with van der Waals surface area (Å²) in [7, 11) is 1.88. The third kappa shape index (κ3) is 8.05. The van der Waals surface area contributed by atoms with Crippen LogP contribution in [0, 0.1) is 5.92 Å². The van der Waals surface area contributed by atoms with Gasteiger partial charge in [0, 0.05) is 32.2 Å². The van der Waals surface area contributed by atoms with Crippen LogP contribution in [0.25, 0.3) is 0 Å². The Bertz CT molecular complexity index is 344. The number of nitrogens with zero attached hydrogens (tertiary/aromatic N) is 2. The largest absolute Gasteiger partial charge is 0.356 e. The first kappa shape index (κ1) is 21.0. The molecule has 2 aliphatic rings. The zero-order valence-electron chi connectivity index (χ0n) is 15.3. The molecular weight excluding hydrogens is 399 g/mol. The summed E-state index contributed by atoms with van der Waals surface area (Å²) in [6, 6.07) is 1.43. The lowest BCUT2D eigenvalue weighted by Crippen LogP contribution is -2.44. The van der Waals surface area contributed by atoms with Gasteiger partial charge in [0.15, 0.2) is 5.96 Å². The van der Waals surface area contributed by atoms with E-state index in [0.717, 1.165) is 24.5 Å². The maximum Gasteiger partial charge on any atom is 0.191 e. The molecule has 1 saturated heterocycles. The third-order valence-corrected chi connectivity index (χ3v) is 5.04. The third-order valence-electron chi connectivity index (χ3n) is 5.04. The van der Waals surface area contributed by atoms with E-state index in [4.69, 9.17) is 0 Å². The molecule has 2 atom stereocenters. The molecule has 5 heteroatoms. The van der Waals surface area contributed by atoms with Gasteiger partial charge in [-0.05, 0) is 45.1 Å². The van der Waals surface area contributed by atoms with Gasteiger partial charge in [0.2, 0.25) is 0 Å². The highest BCUT2D eigenvalue weighted by molar-refractivity contribution is 14.0. The molecule has 23 heavy (non-hydrogen) atoms. The minimum atomic E-state index is 0. The molecule has 1 aliphatic heterocycles. The molecule has 136 valence electrons. The smallest absolute Gasteiger partial charge is 0.191 e. The predicted molar refractivity (Wildman–Crippen MR) is 111 cm³/mol. The number of likely N-dealkylation sites (tertiary alicyclic amines) is 1. The zero-order chi connectivity index (χ0) is 15.8. The van der Waals surface area contributed by atoms with Crippen LogP contribution < -0.4 is 10.6 Å². The molecule has 2 rings (SSSR count). The van der Waals surface area contributed by atoms with E-state index in [-0.39, 0.29) is 24.0 Å². The van der Waals surface area contributed by atoms with Gasteiger partial charge in [0.05, 0.1) is 0 Å². The van der Waals surface area contributed by atoms with E-state index in [9.17, 15) is 0 Å². The van der Waals surface area contributed by atoms with Crippen LogP contribution in [-0.2, 0) is 0 Å². The lowest BCUT2D eigenvalue weighted by Gasteiger charge is -2.20. The molecule has 0 aromatic carbocycles. The molecule has 2 fully saturated rings. The molecule has 0 amide bonds. The summed E-state index contributed by atoms with van der Waals surface area (Å²) >= 11 is 0. The Kier molecular flexibility index (Phi) is 10.5. The minimum absolute atomic E-state index is 0. The first-order valence-corrected chi connectivity index (χ1v) is 9.44. The number of hydrogen-bond donors (Lipinski definition) is 2. The van der Waals surface area contributed by atoms with Crippen LogP contribution in [0.15, 0.2) is 4.99 Å². The molecule has 4 nitrogen and oxygen atoms in total. The highest BCUT2D eigenvalue weighted by Crippen LogP contribution is 2.31. The monoisotopic (exact) mass is 436 g/mol. The van der Waals surface area contributed by atoms with Crippen molar-refractivity contribution in [1.29, 1.82) is 0 Å². The van der Waals surface area contributed by atoms with E-state index in [2.05, 4.69) is 34.4 Å². The van der Waals surface area contributed by atoms with E-state index >= 15 is 0 Å². The van der Waals surface area contributed by atoms with Crippen molar-refractivity contribution in [2.24, 2.45) is 10.9 Å². The fourth-order valence-corrected chi connectivity index (χ4v) is 3.42. The molecule has 1 heterocycles. The van der Waals surface area contributed by atoms with Crippen LogP contribution in [0.1, 0.15) is 65.2 Å². The van der Waals surface area contributed by atoms with Crippen molar-refractivity contribution in [3.8, 4) is 0 Å². The Hall–Kier alpha value is -0.0400. The van der Waals surface area contributed by atoms with Gasteiger partial charge in [0.1, 0.15) is 0 Å². The Labute approximate surface area is 160 Å². The van der Waals surface area contributed by atoms with Crippen LogP contribution in [0.2, 0.25) is 0 Å². The van der Waals surface area contributed by atoms with Crippen molar-refractivity contribution in [1.82, 2.24) is 15.5 Å². The van der Waals surface area contributed by atoms with Gasteiger partial charge in [-0.2, -0.15) is 0 Å². The van der Waals surface area contributed by atoms with Crippen LogP contribution in [0.5, 0.6) is 0 Å². The molecule has 0 bridgehead atoms. The molecule has 0 aromatic heterocycles. The topological polar surface area (TPSA) is 39.7 Å². The van der Waals surface area contributed by atoms with E-state index in [1.54, 1.807) is 0 Å². The Morgan fingerprint density at radius 2 is 2.00 bits per heavy atom. The molecule has 1 saturated carbocycles. The first-order valence-electron chi connectivity index (χ1n) is 9.44. The van der Waals surface area contributed by atoms with E-state index in [1.165, 1.54) is 64.5 Å². The molecule has 2 N–H and O–H groups in total. The van der Waals surface area contributed by atoms with Gasteiger partial charge >= 0.3 is 0 Å². The fourth-order valence-electron chi connectivity index (χ4n) is 3.42. The number of unbranched alkanes of at least 4 members (excludes halogenated alkanes) is 3. The van der Waals surface area contributed by atoms with Gasteiger partial charge in [-0.15, -0.1) is 24.0 Å².